The number of allylic oxidation sites excluding steroid dienone is 1. The molecule has 0 radical (unpaired) electrons. The van der Waals surface area contributed by atoms with E-state index in [2.05, 4.69) is 53.9 Å². The largest absolute Gasteiger partial charge is 0.375 e. The van der Waals surface area contributed by atoms with E-state index in [1.807, 2.05) is 43.1 Å². The highest BCUT2D eigenvalue weighted by Crippen LogP contribution is 2.31. The Balaban J connectivity index is 1.28. The number of amides is 1. The Labute approximate surface area is 206 Å². The molecule has 1 atom stereocenters. The fourth-order valence-corrected chi connectivity index (χ4v) is 4.68. The number of aromatic amines is 1. The van der Waals surface area contributed by atoms with Crippen LogP contribution in [0.2, 0.25) is 0 Å². The molecule has 2 aliphatic heterocycles. The predicted octanol–water partition coefficient (Wildman–Crippen LogP) is 2.20. The number of hydrogen-bond acceptors (Lipinski definition) is 9. The van der Waals surface area contributed by atoms with Crippen LogP contribution < -0.4 is 15.1 Å². The minimum absolute atomic E-state index is 0.164. The number of rotatable bonds is 4. The Morgan fingerprint density at radius 3 is 3.00 bits per heavy atom. The van der Waals surface area contributed by atoms with Gasteiger partial charge >= 0.3 is 0 Å². The van der Waals surface area contributed by atoms with Gasteiger partial charge in [0.05, 0.1) is 30.3 Å². The number of nitrogens with one attached hydrogen (secondary N) is 2. The van der Waals surface area contributed by atoms with Crippen LogP contribution in [0.4, 0.5) is 17.5 Å². The normalized spacial score (nSPS) is 18.0. The van der Waals surface area contributed by atoms with Gasteiger partial charge in [-0.2, -0.15) is 5.10 Å². The number of fused-ring (bicyclic) bond motifs is 2. The number of H-pyrrole nitrogens is 1. The molecule has 184 valence electrons. The molecule has 0 aliphatic carbocycles. The van der Waals surface area contributed by atoms with Gasteiger partial charge in [0, 0.05) is 48.7 Å². The summed E-state index contributed by atoms with van der Waals surface area (Å²) in [4.78, 5) is 21.8. The van der Waals surface area contributed by atoms with E-state index in [0.717, 1.165) is 46.8 Å². The van der Waals surface area contributed by atoms with Crippen molar-refractivity contribution < 1.29 is 9.53 Å². The van der Waals surface area contributed by atoms with Crippen molar-refractivity contribution in [1.82, 2.24) is 35.4 Å². The number of anilines is 3. The zero-order chi connectivity index (χ0) is 24.8. The van der Waals surface area contributed by atoms with Crippen molar-refractivity contribution in [2.45, 2.75) is 26.5 Å². The molecule has 0 saturated carbocycles. The summed E-state index contributed by atoms with van der Waals surface area (Å²) < 4.78 is 7.27. The molecule has 1 saturated heterocycles. The summed E-state index contributed by atoms with van der Waals surface area (Å²) in [5.41, 5.74) is 4.72. The molecule has 2 N–H and O–H groups in total. The second-order valence-electron chi connectivity index (χ2n) is 9.08. The lowest BCUT2D eigenvalue weighted by atomic mass is 10.1. The molecule has 1 fully saturated rings. The highest BCUT2D eigenvalue weighted by Gasteiger charge is 2.27. The third-order valence-corrected chi connectivity index (χ3v) is 6.74. The highest BCUT2D eigenvalue weighted by molar-refractivity contribution is 6.06. The fourth-order valence-electron chi connectivity index (χ4n) is 4.68. The van der Waals surface area contributed by atoms with Crippen LogP contribution in [0, 0.1) is 0 Å². The number of tetrazole rings is 1. The minimum atomic E-state index is -0.197. The molecule has 12 heteroatoms. The van der Waals surface area contributed by atoms with E-state index >= 15 is 0 Å². The van der Waals surface area contributed by atoms with Crippen molar-refractivity contribution in [2.75, 3.05) is 41.9 Å². The Bertz CT molecular complexity index is 1490. The lowest BCUT2D eigenvalue weighted by Gasteiger charge is -2.32. The van der Waals surface area contributed by atoms with Gasteiger partial charge in [0.25, 0.3) is 5.91 Å². The van der Waals surface area contributed by atoms with Crippen molar-refractivity contribution >= 4 is 34.3 Å². The molecule has 5 heterocycles. The summed E-state index contributed by atoms with van der Waals surface area (Å²) in [5, 5.41) is 23.3. The third kappa shape index (κ3) is 3.85. The van der Waals surface area contributed by atoms with Crippen LogP contribution in [0.15, 0.2) is 47.8 Å². The summed E-state index contributed by atoms with van der Waals surface area (Å²) in [6, 6.07) is 9.72. The summed E-state index contributed by atoms with van der Waals surface area (Å²) in [6.07, 6.45) is 1.97. The quantitative estimate of drug-likeness (QED) is 0.446. The van der Waals surface area contributed by atoms with Gasteiger partial charge < -0.3 is 19.9 Å². The number of morpholine rings is 1. The molecule has 6 rings (SSSR count). The number of ether oxygens (including phenoxy) is 1. The molecule has 0 unspecified atom stereocenters. The third-order valence-electron chi connectivity index (χ3n) is 6.74. The number of aromatic nitrogens is 7. The summed E-state index contributed by atoms with van der Waals surface area (Å²) >= 11 is 0. The summed E-state index contributed by atoms with van der Waals surface area (Å²) in [7, 11) is 1.84. The van der Waals surface area contributed by atoms with Gasteiger partial charge in [0.15, 0.2) is 0 Å². The number of nitrogens with zero attached hydrogens (tertiary/aromatic N) is 8. The molecular weight excluding hydrogens is 460 g/mol. The zero-order valence-electron chi connectivity index (χ0n) is 20.3. The standard InChI is InChI=1S/C24H26N10O2/c1-14-12-33(8-9-36-14)21-10-16(6-7-25-21)22-18-11-17(4-5-20(18)27-28-22)26-23(35)19-13-34-24(29-30-31-34)32(3)15(19)2/h4-7,10-11,14H,8-9,12-13H2,1-3H3,(H,26,35)(H,27,28)/t14-/m1/s1. The summed E-state index contributed by atoms with van der Waals surface area (Å²) in [6.45, 7) is 6.54. The average molecular weight is 487 g/mol. The topological polar surface area (TPSA) is 130 Å². The lowest BCUT2D eigenvalue weighted by molar-refractivity contribution is -0.113. The number of hydrogen-bond donors (Lipinski definition) is 2. The first-order valence-corrected chi connectivity index (χ1v) is 11.8. The van der Waals surface area contributed by atoms with Gasteiger partial charge in [-0.1, -0.05) is 5.10 Å². The van der Waals surface area contributed by atoms with E-state index in [1.54, 1.807) is 10.9 Å². The van der Waals surface area contributed by atoms with Crippen LogP contribution in [0.1, 0.15) is 13.8 Å². The van der Waals surface area contributed by atoms with E-state index in [-0.39, 0.29) is 12.0 Å². The first-order chi connectivity index (χ1) is 17.5. The Hall–Kier alpha value is -4.32. The van der Waals surface area contributed by atoms with E-state index in [1.165, 1.54) is 0 Å². The molecule has 4 aromatic rings. The number of carbonyl (C=O) groups excluding carboxylic acids is 1. The van der Waals surface area contributed by atoms with Crippen LogP contribution in [0.25, 0.3) is 22.2 Å². The number of benzene rings is 1. The van der Waals surface area contributed by atoms with Crippen LogP contribution in [-0.4, -0.2) is 74.1 Å². The van der Waals surface area contributed by atoms with Gasteiger partial charge in [0.1, 0.15) is 11.5 Å². The monoisotopic (exact) mass is 486 g/mol. The maximum atomic E-state index is 13.2. The van der Waals surface area contributed by atoms with Crippen molar-refractivity contribution in [3.05, 3.63) is 47.8 Å². The first kappa shape index (κ1) is 22.2. The fraction of sp³-hybridized carbons (Fsp3) is 0.333. The van der Waals surface area contributed by atoms with Gasteiger partial charge in [-0.05, 0) is 54.6 Å². The second-order valence-corrected chi connectivity index (χ2v) is 9.08. The van der Waals surface area contributed by atoms with Crippen molar-refractivity contribution in [1.29, 1.82) is 0 Å². The van der Waals surface area contributed by atoms with E-state index in [0.29, 0.717) is 30.4 Å². The molecule has 3 aromatic heterocycles. The van der Waals surface area contributed by atoms with Gasteiger partial charge in [-0.15, -0.1) is 0 Å². The van der Waals surface area contributed by atoms with Gasteiger partial charge in [0.2, 0.25) is 5.95 Å². The molecule has 36 heavy (non-hydrogen) atoms. The molecule has 0 bridgehead atoms. The van der Waals surface area contributed by atoms with E-state index in [4.69, 9.17) is 4.74 Å². The van der Waals surface area contributed by atoms with Crippen LogP contribution in [-0.2, 0) is 16.1 Å². The molecule has 2 aliphatic rings. The number of pyridine rings is 1. The molecule has 12 nitrogen and oxygen atoms in total. The number of carbonyl (C=O) groups is 1. The van der Waals surface area contributed by atoms with E-state index < -0.39 is 0 Å². The average Bonchev–Trinajstić information content (AvgIpc) is 3.53. The molecule has 1 amide bonds. The van der Waals surface area contributed by atoms with Gasteiger partial charge in [-0.3, -0.25) is 9.89 Å². The van der Waals surface area contributed by atoms with Crippen molar-refractivity contribution in [2.24, 2.45) is 0 Å². The Morgan fingerprint density at radius 2 is 2.14 bits per heavy atom. The minimum Gasteiger partial charge on any atom is -0.375 e. The van der Waals surface area contributed by atoms with Gasteiger partial charge in [-0.25, -0.2) is 9.67 Å². The predicted molar refractivity (Wildman–Crippen MR) is 135 cm³/mol. The smallest absolute Gasteiger partial charge is 0.255 e. The second kappa shape index (κ2) is 8.72. The van der Waals surface area contributed by atoms with Crippen LogP contribution >= 0.6 is 0 Å². The molecular formula is C24H26N10O2. The van der Waals surface area contributed by atoms with Crippen LogP contribution in [0.3, 0.4) is 0 Å². The zero-order valence-corrected chi connectivity index (χ0v) is 20.3. The maximum absolute atomic E-state index is 13.2. The van der Waals surface area contributed by atoms with Crippen molar-refractivity contribution in [3.8, 4) is 11.3 Å². The lowest BCUT2D eigenvalue weighted by Crippen LogP contribution is -2.41. The van der Waals surface area contributed by atoms with E-state index in [9.17, 15) is 4.79 Å². The summed E-state index contributed by atoms with van der Waals surface area (Å²) in [5.74, 6) is 1.31. The highest BCUT2D eigenvalue weighted by atomic mass is 16.5. The first-order valence-electron chi connectivity index (χ1n) is 11.8. The maximum Gasteiger partial charge on any atom is 0.255 e. The molecule has 0 spiro atoms. The van der Waals surface area contributed by atoms with Crippen molar-refractivity contribution in [3.63, 3.8) is 0 Å². The van der Waals surface area contributed by atoms with Crippen LogP contribution in [0.5, 0.6) is 0 Å². The Morgan fingerprint density at radius 1 is 1.25 bits per heavy atom. The Kier molecular flexibility index (Phi) is 5.37. The molecule has 1 aromatic carbocycles. The SMILES string of the molecule is CC1=C(C(=O)Nc2ccc3[nH]nc(-c4ccnc(N5CCO[C@H](C)C5)c4)c3c2)Cn2nnnc2N1C.